The van der Waals surface area contributed by atoms with Gasteiger partial charge in [0.1, 0.15) is 5.82 Å². The van der Waals surface area contributed by atoms with E-state index in [4.69, 9.17) is 14.6 Å². The van der Waals surface area contributed by atoms with Crippen LogP contribution in [0.3, 0.4) is 0 Å². The molecule has 0 aromatic heterocycles. The van der Waals surface area contributed by atoms with Gasteiger partial charge in [-0.1, -0.05) is 6.07 Å². The number of fused-ring (bicyclic) bond motifs is 1. The largest absolute Gasteiger partial charge is 0.490 e. The number of benzene rings is 1. The molecule has 0 saturated carbocycles. The number of ether oxygens (including phenoxy) is 1. The van der Waals surface area contributed by atoms with Gasteiger partial charge in [0.25, 0.3) is 5.91 Å². The van der Waals surface area contributed by atoms with E-state index in [9.17, 15) is 22.4 Å². The fourth-order valence-electron chi connectivity index (χ4n) is 4.60. The maximum absolute atomic E-state index is 13.4. The van der Waals surface area contributed by atoms with Crippen LogP contribution >= 0.6 is 0 Å². The predicted octanol–water partition coefficient (Wildman–Crippen LogP) is 3.17. The van der Waals surface area contributed by atoms with Gasteiger partial charge >= 0.3 is 12.1 Å². The van der Waals surface area contributed by atoms with E-state index in [0.717, 1.165) is 64.4 Å². The molecule has 4 rings (SSSR count). The molecule has 0 unspecified atom stereocenters. The molecule has 1 amide bonds. The van der Waals surface area contributed by atoms with Gasteiger partial charge in [-0.05, 0) is 49.8 Å². The third-order valence-electron chi connectivity index (χ3n) is 6.10. The Kier molecular flexibility index (Phi) is 7.53. The second-order valence-corrected chi connectivity index (χ2v) is 8.07. The molecule has 10 heteroatoms. The summed E-state index contributed by atoms with van der Waals surface area (Å²) in [4.78, 5) is 26.2. The molecule has 0 bridgehead atoms. The lowest BCUT2D eigenvalue weighted by Crippen LogP contribution is -2.41. The summed E-state index contributed by atoms with van der Waals surface area (Å²) in [7, 11) is 0. The molecule has 2 atom stereocenters. The van der Waals surface area contributed by atoms with Crippen LogP contribution in [-0.2, 0) is 9.53 Å². The Morgan fingerprint density at radius 2 is 1.71 bits per heavy atom. The first-order valence-electron chi connectivity index (χ1n) is 10.3. The number of halogens is 4. The Bertz CT molecular complexity index is 783. The molecule has 0 spiro atoms. The Balaban J connectivity index is 0.000000339. The third kappa shape index (κ3) is 5.94. The highest BCUT2D eigenvalue weighted by atomic mass is 19.4. The van der Waals surface area contributed by atoms with Crippen molar-refractivity contribution in [2.75, 3.05) is 32.8 Å². The second kappa shape index (κ2) is 9.95. The van der Waals surface area contributed by atoms with E-state index in [1.807, 2.05) is 4.90 Å². The van der Waals surface area contributed by atoms with Crippen molar-refractivity contribution in [1.82, 2.24) is 9.80 Å². The van der Waals surface area contributed by atoms with Crippen molar-refractivity contribution in [1.29, 1.82) is 0 Å². The van der Waals surface area contributed by atoms with Crippen LogP contribution in [0.5, 0.6) is 0 Å². The molecule has 1 aromatic carbocycles. The van der Waals surface area contributed by atoms with Gasteiger partial charge in [0.05, 0.1) is 0 Å². The molecule has 3 saturated heterocycles. The monoisotopic (exact) mass is 446 g/mol. The van der Waals surface area contributed by atoms with Gasteiger partial charge in [0, 0.05) is 50.5 Å². The highest BCUT2D eigenvalue weighted by molar-refractivity contribution is 5.94. The Morgan fingerprint density at radius 3 is 2.32 bits per heavy atom. The number of hydrogen-bond donors (Lipinski definition) is 1. The van der Waals surface area contributed by atoms with E-state index in [2.05, 4.69) is 4.90 Å². The Labute approximate surface area is 177 Å². The highest BCUT2D eigenvalue weighted by Crippen LogP contribution is 2.34. The van der Waals surface area contributed by atoms with Crippen molar-refractivity contribution in [3.05, 3.63) is 35.6 Å². The zero-order chi connectivity index (χ0) is 22.6. The average Bonchev–Trinajstić information content (AvgIpc) is 3.31. The van der Waals surface area contributed by atoms with Crippen LogP contribution in [-0.4, -0.2) is 77.9 Å². The molecule has 6 nitrogen and oxygen atoms in total. The van der Waals surface area contributed by atoms with Gasteiger partial charge in [0.2, 0.25) is 0 Å². The van der Waals surface area contributed by atoms with E-state index < -0.39 is 12.1 Å². The summed E-state index contributed by atoms with van der Waals surface area (Å²) >= 11 is 0. The van der Waals surface area contributed by atoms with Crippen molar-refractivity contribution in [3.8, 4) is 0 Å². The number of aliphatic carboxylic acids is 1. The number of nitrogens with zero attached hydrogens (tertiary/aromatic N) is 2. The molecule has 3 heterocycles. The van der Waals surface area contributed by atoms with Crippen molar-refractivity contribution in [3.63, 3.8) is 0 Å². The van der Waals surface area contributed by atoms with E-state index >= 15 is 0 Å². The molecular formula is C21H26F4N2O4. The van der Waals surface area contributed by atoms with Crippen molar-refractivity contribution >= 4 is 11.9 Å². The minimum absolute atomic E-state index is 0.0186. The first-order chi connectivity index (χ1) is 14.7. The molecule has 0 aliphatic carbocycles. The van der Waals surface area contributed by atoms with Crippen LogP contribution in [0.1, 0.15) is 36.0 Å². The van der Waals surface area contributed by atoms with Crippen LogP contribution in [0.4, 0.5) is 17.6 Å². The lowest BCUT2D eigenvalue weighted by atomic mass is 9.99. The van der Waals surface area contributed by atoms with E-state index in [-0.39, 0.29) is 11.7 Å². The lowest BCUT2D eigenvalue weighted by Gasteiger charge is -2.30. The van der Waals surface area contributed by atoms with E-state index in [1.54, 1.807) is 12.1 Å². The van der Waals surface area contributed by atoms with Gasteiger partial charge in [-0.25, -0.2) is 9.18 Å². The summed E-state index contributed by atoms with van der Waals surface area (Å²) in [6, 6.07) is 6.83. The van der Waals surface area contributed by atoms with Gasteiger partial charge in [-0.3, -0.25) is 9.69 Å². The van der Waals surface area contributed by atoms with Gasteiger partial charge in [-0.15, -0.1) is 0 Å². The second-order valence-electron chi connectivity index (χ2n) is 8.07. The molecule has 172 valence electrons. The Morgan fingerprint density at radius 1 is 1.06 bits per heavy atom. The number of likely N-dealkylation sites (tertiary alicyclic amines) is 2. The summed E-state index contributed by atoms with van der Waals surface area (Å²) in [6.07, 6.45) is -0.705. The summed E-state index contributed by atoms with van der Waals surface area (Å²) in [6.45, 7) is 4.76. The molecular weight excluding hydrogens is 420 g/mol. The lowest BCUT2D eigenvalue weighted by molar-refractivity contribution is -0.192. The quantitative estimate of drug-likeness (QED) is 0.723. The number of alkyl halides is 3. The van der Waals surface area contributed by atoms with Crippen LogP contribution in [0.15, 0.2) is 24.3 Å². The van der Waals surface area contributed by atoms with E-state index in [1.165, 1.54) is 12.1 Å². The van der Waals surface area contributed by atoms with Gasteiger partial charge < -0.3 is 14.7 Å². The first-order valence-corrected chi connectivity index (χ1v) is 10.3. The summed E-state index contributed by atoms with van der Waals surface area (Å²) in [5.41, 5.74) is 0.471. The standard InChI is InChI=1S/C19H25FN2O2.C2HF3O2/c20-16-3-1-2-15(12-16)19(23)22-9-5-17-18(22)4-8-21(17)13-14-6-10-24-11-7-14;3-2(4,5)1(6)7/h1-3,12,14,17-18H,4-11,13H2;(H,6,7)/t17-,18+;/m0./s1. The minimum Gasteiger partial charge on any atom is -0.475 e. The summed E-state index contributed by atoms with van der Waals surface area (Å²) in [5, 5.41) is 7.12. The number of amides is 1. The molecule has 3 aliphatic heterocycles. The number of carbonyl (C=O) groups excluding carboxylic acids is 1. The van der Waals surface area contributed by atoms with Crippen molar-refractivity contribution in [2.45, 2.75) is 43.9 Å². The topological polar surface area (TPSA) is 70.1 Å². The van der Waals surface area contributed by atoms with Crippen LogP contribution in [0, 0.1) is 11.7 Å². The maximum Gasteiger partial charge on any atom is 0.490 e. The molecule has 3 fully saturated rings. The molecule has 31 heavy (non-hydrogen) atoms. The highest BCUT2D eigenvalue weighted by Gasteiger charge is 2.44. The fourth-order valence-corrected chi connectivity index (χ4v) is 4.60. The minimum atomic E-state index is -5.08. The predicted molar refractivity (Wildman–Crippen MR) is 103 cm³/mol. The normalized spacial score (nSPS) is 24.5. The Hall–Kier alpha value is -2.20. The zero-order valence-corrected chi connectivity index (χ0v) is 17.0. The number of carboxylic acids is 1. The number of hydrogen-bond acceptors (Lipinski definition) is 4. The average molecular weight is 446 g/mol. The molecule has 3 aliphatic rings. The van der Waals surface area contributed by atoms with Crippen LogP contribution < -0.4 is 0 Å². The van der Waals surface area contributed by atoms with Crippen molar-refractivity contribution < 1.29 is 37.0 Å². The van der Waals surface area contributed by atoms with Crippen LogP contribution in [0.25, 0.3) is 0 Å². The first kappa shape index (κ1) is 23.5. The van der Waals surface area contributed by atoms with Gasteiger partial charge in [-0.2, -0.15) is 13.2 Å². The SMILES string of the molecule is O=C(O)C(F)(F)F.O=C(c1cccc(F)c1)N1CC[C@H]2[C@H]1CCN2CC1CCOCC1. The molecule has 0 radical (unpaired) electrons. The number of rotatable bonds is 3. The summed E-state index contributed by atoms with van der Waals surface area (Å²) in [5.74, 6) is -2.39. The smallest absolute Gasteiger partial charge is 0.475 e. The number of carbonyl (C=O) groups is 2. The van der Waals surface area contributed by atoms with Gasteiger partial charge in [0.15, 0.2) is 0 Å². The fraction of sp³-hybridized carbons (Fsp3) is 0.619. The zero-order valence-electron chi connectivity index (χ0n) is 17.0. The third-order valence-corrected chi connectivity index (χ3v) is 6.10. The maximum atomic E-state index is 13.4. The summed E-state index contributed by atoms with van der Waals surface area (Å²) < 4.78 is 50.6. The van der Waals surface area contributed by atoms with E-state index in [0.29, 0.717) is 17.6 Å². The molecule has 1 N–H and O–H groups in total. The number of carboxylic acid groups (broad SMARTS) is 1. The molecule has 1 aromatic rings. The van der Waals surface area contributed by atoms with Crippen molar-refractivity contribution in [2.24, 2.45) is 5.92 Å². The van der Waals surface area contributed by atoms with Crippen LogP contribution in [0.2, 0.25) is 0 Å².